The summed E-state index contributed by atoms with van der Waals surface area (Å²) in [4.78, 5) is 47.7. The van der Waals surface area contributed by atoms with E-state index in [-0.39, 0.29) is 17.0 Å². The maximum atomic E-state index is 12.8. The minimum atomic E-state index is -5.03. The molecule has 5 rings (SSSR count). The van der Waals surface area contributed by atoms with Gasteiger partial charge in [0.1, 0.15) is 48.5 Å². The third kappa shape index (κ3) is 5.12. The zero-order chi connectivity index (χ0) is 28.1. The topological polar surface area (TPSA) is 280 Å². The molecule has 2 aliphatic rings. The number of H-pyrrole nitrogens is 1. The van der Waals surface area contributed by atoms with E-state index >= 15 is 0 Å². The second-order valence-corrected chi connectivity index (χ2v) is 10.1. The van der Waals surface area contributed by atoms with E-state index in [0.717, 1.165) is 23.2 Å². The normalized spacial score (nSPS) is 32.5. The summed E-state index contributed by atoms with van der Waals surface area (Å²) >= 11 is 0. The Balaban J connectivity index is 1.31. The van der Waals surface area contributed by atoms with Gasteiger partial charge in [0, 0.05) is 12.3 Å². The fourth-order valence-electron chi connectivity index (χ4n) is 4.34. The minimum Gasteiger partial charge on any atom is -0.394 e. The van der Waals surface area contributed by atoms with Crippen LogP contribution < -0.4 is 17.0 Å². The molecule has 9 unspecified atom stereocenters. The fourth-order valence-corrected chi connectivity index (χ4v) is 5.27. The van der Waals surface area contributed by atoms with Gasteiger partial charge in [0.05, 0.1) is 19.5 Å². The Kier molecular flexibility index (Phi) is 7.37. The highest BCUT2D eigenvalue weighted by Gasteiger charge is 2.50. The third-order valence-corrected chi connectivity index (χ3v) is 7.26. The summed E-state index contributed by atoms with van der Waals surface area (Å²) in [5, 5.41) is 40.9. The highest BCUT2D eigenvalue weighted by molar-refractivity contribution is 7.47. The van der Waals surface area contributed by atoms with Crippen molar-refractivity contribution in [2.24, 2.45) is 0 Å². The van der Waals surface area contributed by atoms with Gasteiger partial charge >= 0.3 is 13.5 Å². The maximum Gasteiger partial charge on any atom is 0.472 e. The third-order valence-electron chi connectivity index (χ3n) is 6.27. The van der Waals surface area contributed by atoms with Crippen molar-refractivity contribution in [3.8, 4) is 0 Å². The molecule has 3 aromatic rings. The van der Waals surface area contributed by atoms with Crippen LogP contribution in [-0.2, 0) is 23.1 Å². The van der Waals surface area contributed by atoms with Crippen molar-refractivity contribution >= 4 is 24.8 Å². The number of nitrogens with zero attached hydrogens (tertiary/aromatic N) is 5. The Hall–Kier alpha value is -3.10. The van der Waals surface area contributed by atoms with E-state index in [9.17, 15) is 39.5 Å². The number of hydrogen-bond acceptors (Lipinski definition) is 15. The number of nitrogens with one attached hydrogen (secondary N) is 1. The number of ether oxygens (including phenoxy) is 2. The number of nitrogen functional groups attached to an aromatic ring is 1. The number of nitrogens with two attached hydrogens (primary N) is 1. The average Bonchev–Trinajstić information content (AvgIpc) is 3.53. The van der Waals surface area contributed by atoms with E-state index in [1.807, 2.05) is 4.98 Å². The number of phosphoric ester groups is 1. The number of aliphatic hydroxyl groups excluding tert-OH is 4. The number of anilines is 1. The molecule has 2 fully saturated rings. The lowest BCUT2D eigenvalue weighted by molar-refractivity contribution is -0.0636. The number of phosphoric acid groups is 1. The summed E-state index contributed by atoms with van der Waals surface area (Å²) < 4.78 is 36.2. The van der Waals surface area contributed by atoms with Gasteiger partial charge in [-0.1, -0.05) is 0 Å². The zero-order valence-electron chi connectivity index (χ0n) is 19.7. The van der Waals surface area contributed by atoms with E-state index in [4.69, 9.17) is 24.3 Å². The number of aromatic nitrogens is 6. The molecule has 0 amide bonds. The molecule has 2 saturated heterocycles. The molecule has 0 spiro atoms. The predicted octanol–water partition coefficient (Wildman–Crippen LogP) is -3.67. The highest BCUT2D eigenvalue weighted by atomic mass is 31.2. The molecule has 19 nitrogen and oxygen atoms in total. The molecule has 8 N–H and O–H groups in total. The molecule has 0 bridgehead atoms. The van der Waals surface area contributed by atoms with Crippen LogP contribution in [0.1, 0.15) is 12.5 Å². The first-order chi connectivity index (χ1) is 18.5. The Labute approximate surface area is 216 Å². The van der Waals surface area contributed by atoms with Crippen LogP contribution in [0.5, 0.6) is 0 Å². The van der Waals surface area contributed by atoms with Crippen molar-refractivity contribution in [2.45, 2.75) is 49.1 Å². The monoisotopic (exact) mass is 573 g/mol. The van der Waals surface area contributed by atoms with Crippen LogP contribution in [0.25, 0.3) is 11.2 Å². The van der Waals surface area contributed by atoms with Crippen molar-refractivity contribution in [1.29, 1.82) is 0 Å². The molecule has 39 heavy (non-hydrogen) atoms. The molecule has 0 saturated carbocycles. The standard InChI is InChI=1S/C19H24N7O12P/c20-15-10-16(22-5-21-15)26(6-23-10)18-14(12(30)7(3-27)36-18)38-39(33,34)35-4-8-11(29)13(31)17(37-8)25-2-1-9(28)24-19(25)32/h1-2,5-8,11-14,17-18,27,29-31H,3-4H2,(H,33,34)(H2,20,21,22)(H,24,28,32). The Morgan fingerprint density at radius 1 is 1.05 bits per heavy atom. The first-order valence-corrected chi connectivity index (χ1v) is 12.9. The number of hydrogen-bond donors (Lipinski definition) is 7. The van der Waals surface area contributed by atoms with Gasteiger partial charge in [-0.3, -0.25) is 28.0 Å². The van der Waals surface area contributed by atoms with Crippen LogP contribution >= 0.6 is 7.82 Å². The van der Waals surface area contributed by atoms with Gasteiger partial charge in [-0.05, 0) is 0 Å². The number of fused-ring (bicyclic) bond motifs is 1. The Morgan fingerprint density at radius 3 is 2.51 bits per heavy atom. The van der Waals surface area contributed by atoms with Crippen molar-refractivity contribution in [1.82, 2.24) is 29.1 Å². The summed E-state index contributed by atoms with van der Waals surface area (Å²) in [6.45, 7) is -1.46. The Bertz CT molecular complexity index is 1510. The maximum absolute atomic E-state index is 12.8. The van der Waals surface area contributed by atoms with Gasteiger partial charge in [-0.25, -0.2) is 24.3 Å². The van der Waals surface area contributed by atoms with Gasteiger partial charge in [-0.15, -0.1) is 0 Å². The fraction of sp³-hybridized carbons (Fsp3) is 0.526. The summed E-state index contributed by atoms with van der Waals surface area (Å²) in [5.41, 5.74) is 4.52. The number of rotatable bonds is 8. The van der Waals surface area contributed by atoms with Gasteiger partial charge in [0.15, 0.2) is 23.9 Å². The summed E-state index contributed by atoms with van der Waals surface area (Å²) in [7, 11) is -5.03. The number of aliphatic hydroxyl groups is 4. The molecular formula is C19H24N7O12P. The Morgan fingerprint density at radius 2 is 1.79 bits per heavy atom. The van der Waals surface area contributed by atoms with E-state index in [1.54, 1.807) is 0 Å². The SMILES string of the molecule is Nc1ncnc2c1ncn2C1OC(CO)C(O)C1OP(=O)(O)OCC1OC(n2ccc(=O)[nH]c2=O)C(O)C1O. The lowest BCUT2D eigenvalue weighted by atomic mass is 10.1. The number of aromatic amines is 1. The van der Waals surface area contributed by atoms with Crippen LogP contribution in [-0.4, -0.2) is 104 Å². The zero-order valence-corrected chi connectivity index (χ0v) is 20.6. The van der Waals surface area contributed by atoms with Crippen molar-refractivity contribution in [3.05, 3.63) is 45.8 Å². The summed E-state index contributed by atoms with van der Waals surface area (Å²) in [6, 6.07) is 0.998. The first kappa shape index (κ1) is 27.5. The van der Waals surface area contributed by atoms with Crippen LogP contribution in [0.4, 0.5) is 5.82 Å². The predicted molar refractivity (Wildman–Crippen MR) is 125 cm³/mol. The van der Waals surface area contributed by atoms with Gasteiger partial charge in [0.25, 0.3) is 5.56 Å². The van der Waals surface area contributed by atoms with Gasteiger partial charge < -0.3 is 40.5 Å². The van der Waals surface area contributed by atoms with Crippen LogP contribution in [0.2, 0.25) is 0 Å². The first-order valence-electron chi connectivity index (χ1n) is 11.4. The van der Waals surface area contributed by atoms with Gasteiger partial charge in [0.2, 0.25) is 0 Å². The van der Waals surface area contributed by atoms with Crippen molar-refractivity contribution in [3.63, 3.8) is 0 Å². The lowest BCUT2D eigenvalue weighted by Gasteiger charge is -2.24. The molecule has 2 aliphatic heterocycles. The molecule has 3 aromatic heterocycles. The van der Waals surface area contributed by atoms with Crippen LogP contribution in [0.3, 0.4) is 0 Å². The van der Waals surface area contributed by atoms with Crippen molar-refractivity contribution < 1.29 is 48.4 Å². The quantitative estimate of drug-likeness (QED) is 0.128. The van der Waals surface area contributed by atoms with Gasteiger partial charge in [-0.2, -0.15) is 0 Å². The molecule has 212 valence electrons. The van der Waals surface area contributed by atoms with E-state index < -0.39 is 81.4 Å². The minimum absolute atomic E-state index is 0.0457. The lowest BCUT2D eigenvalue weighted by Crippen LogP contribution is -2.37. The van der Waals surface area contributed by atoms with E-state index in [0.29, 0.717) is 0 Å². The summed E-state index contributed by atoms with van der Waals surface area (Å²) in [6.07, 6.45) is -8.47. The number of imidazole rings is 1. The van der Waals surface area contributed by atoms with Crippen molar-refractivity contribution in [2.75, 3.05) is 18.9 Å². The molecule has 9 atom stereocenters. The molecule has 20 heteroatoms. The largest absolute Gasteiger partial charge is 0.472 e. The molecular weight excluding hydrogens is 549 g/mol. The van der Waals surface area contributed by atoms with E-state index in [1.165, 1.54) is 10.9 Å². The second-order valence-electron chi connectivity index (χ2n) is 8.72. The second kappa shape index (κ2) is 10.5. The molecule has 5 heterocycles. The van der Waals surface area contributed by atoms with Crippen LogP contribution in [0.15, 0.2) is 34.5 Å². The summed E-state index contributed by atoms with van der Waals surface area (Å²) in [5.74, 6) is 0.0457. The van der Waals surface area contributed by atoms with Crippen LogP contribution in [0, 0.1) is 0 Å². The molecule has 0 aliphatic carbocycles. The molecule has 0 radical (unpaired) electrons. The molecule has 0 aromatic carbocycles. The van der Waals surface area contributed by atoms with E-state index in [2.05, 4.69) is 15.0 Å². The highest BCUT2D eigenvalue weighted by Crippen LogP contribution is 2.50. The smallest absolute Gasteiger partial charge is 0.394 e. The average molecular weight is 573 g/mol.